The van der Waals surface area contributed by atoms with E-state index >= 15 is 0 Å². The van der Waals surface area contributed by atoms with Crippen LogP contribution in [0, 0.1) is 0 Å². The molecule has 1 N–H and O–H groups in total. The van der Waals surface area contributed by atoms with Gasteiger partial charge in [0.2, 0.25) is 11.8 Å². The fraction of sp³-hybridized carbons (Fsp3) is 0.355. The first-order valence-corrected chi connectivity index (χ1v) is 16.5. The molecule has 2 amide bonds. The second kappa shape index (κ2) is 15.4. The van der Waals surface area contributed by atoms with Crippen molar-refractivity contribution >= 4 is 55.1 Å². The molecule has 8 nitrogen and oxygen atoms in total. The van der Waals surface area contributed by atoms with Gasteiger partial charge in [0.1, 0.15) is 18.3 Å². The molecule has 0 spiro atoms. The van der Waals surface area contributed by atoms with E-state index < -0.39 is 28.5 Å². The lowest BCUT2D eigenvalue weighted by Gasteiger charge is -2.34. The van der Waals surface area contributed by atoms with E-state index in [-0.39, 0.29) is 29.1 Å². The van der Waals surface area contributed by atoms with Crippen molar-refractivity contribution in [3.8, 4) is 5.75 Å². The van der Waals surface area contributed by atoms with E-state index in [0.717, 1.165) is 10.7 Å². The van der Waals surface area contributed by atoms with Crippen LogP contribution in [0.5, 0.6) is 5.75 Å². The number of nitrogens with one attached hydrogen (secondary N) is 1. The number of hydrogen-bond donors (Lipinski definition) is 1. The maximum absolute atomic E-state index is 14.2. The van der Waals surface area contributed by atoms with Crippen molar-refractivity contribution in [1.29, 1.82) is 0 Å². The normalized spacial score (nSPS) is 12.7. The van der Waals surface area contributed by atoms with Gasteiger partial charge in [-0.15, -0.1) is 0 Å². The van der Waals surface area contributed by atoms with Crippen LogP contribution < -0.4 is 14.4 Å². The minimum atomic E-state index is -4.18. The van der Waals surface area contributed by atoms with Crippen LogP contribution in [-0.4, -0.2) is 50.4 Å². The number of ether oxygens (including phenoxy) is 1. The molecule has 0 bridgehead atoms. The van der Waals surface area contributed by atoms with Gasteiger partial charge in [-0.25, -0.2) is 8.42 Å². The van der Waals surface area contributed by atoms with E-state index in [0.29, 0.717) is 33.8 Å². The van der Waals surface area contributed by atoms with Gasteiger partial charge in [0, 0.05) is 22.1 Å². The highest BCUT2D eigenvalue weighted by Crippen LogP contribution is 2.28. The van der Waals surface area contributed by atoms with E-state index in [1.54, 1.807) is 60.7 Å². The fourth-order valence-electron chi connectivity index (χ4n) is 4.31. The summed E-state index contributed by atoms with van der Waals surface area (Å²) < 4.78 is 35.3. The SMILES string of the molecule is CCOc1ccc(N(CC(=O)N(Cc2ccccc2Cl)[C@@H](CC)C(=O)N[C@@H](C)CC)S(=O)(=O)c2ccc(Br)cc2)cc1. The predicted octanol–water partition coefficient (Wildman–Crippen LogP) is 6.42. The first kappa shape index (κ1) is 33.4. The average molecular weight is 679 g/mol. The molecule has 0 unspecified atom stereocenters. The van der Waals surface area contributed by atoms with E-state index in [1.165, 1.54) is 17.0 Å². The van der Waals surface area contributed by atoms with E-state index in [2.05, 4.69) is 21.2 Å². The van der Waals surface area contributed by atoms with Crippen LogP contribution in [0.4, 0.5) is 5.69 Å². The minimum absolute atomic E-state index is 0.0200. The zero-order valence-electron chi connectivity index (χ0n) is 24.2. The molecule has 0 heterocycles. The predicted molar refractivity (Wildman–Crippen MR) is 170 cm³/mol. The van der Waals surface area contributed by atoms with Crippen LogP contribution in [0.3, 0.4) is 0 Å². The summed E-state index contributed by atoms with van der Waals surface area (Å²) in [7, 11) is -4.18. The molecule has 0 aliphatic rings. The minimum Gasteiger partial charge on any atom is -0.494 e. The summed E-state index contributed by atoms with van der Waals surface area (Å²) in [5.41, 5.74) is 0.926. The average Bonchev–Trinajstić information content (AvgIpc) is 2.97. The topological polar surface area (TPSA) is 96.0 Å². The molecule has 2 atom stereocenters. The molecule has 0 aliphatic heterocycles. The third kappa shape index (κ3) is 8.49. The Morgan fingerprint density at radius 2 is 1.60 bits per heavy atom. The number of anilines is 1. The number of halogens is 2. The van der Waals surface area contributed by atoms with Crippen molar-refractivity contribution in [2.75, 3.05) is 17.5 Å². The highest BCUT2D eigenvalue weighted by molar-refractivity contribution is 9.10. The van der Waals surface area contributed by atoms with Gasteiger partial charge in [0.25, 0.3) is 10.0 Å². The zero-order chi connectivity index (χ0) is 30.9. The number of hydrogen-bond acceptors (Lipinski definition) is 5. The van der Waals surface area contributed by atoms with Crippen LogP contribution in [0.25, 0.3) is 0 Å². The summed E-state index contributed by atoms with van der Waals surface area (Å²) in [5, 5.41) is 3.41. The second-order valence-electron chi connectivity index (χ2n) is 9.75. The molecule has 226 valence electrons. The Kier molecular flexibility index (Phi) is 12.3. The Hall–Kier alpha value is -3.08. The van der Waals surface area contributed by atoms with Crippen LogP contribution >= 0.6 is 27.5 Å². The smallest absolute Gasteiger partial charge is 0.264 e. The maximum atomic E-state index is 14.2. The van der Waals surface area contributed by atoms with Crippen LogP contribution in [0.2, 0.25) is 5.02 Å². The van der Waals surface area contributed by atoms with Gasteiger partial charge in [-0.1, -0.05) is 59.6 Å². The first-order chi connectivity index (χ1) is 20.0. The number of carbonyl (C=O) groups excluding carboxylic acids is 2. The van der Waals surface area contributed by atoms with Gasteiger partial charge >= 0.3 is 0 Å². The molecular formula is C31H37BrClN3O5S. The summed E-state index contributed by atoms with van der Waals surface area (Å²) in [6.45, 7) is 7.46. The number of amides is 2. The zero-order valence-corrected chi connectivity index (χ0v) is 27.4. The van der Waals surface area contributed by atoms with Gasteiger partial charge in [-0.2, -0.15) is 0 Å². The molecule has 3 aromatic carbocycles. The highest BCUT2D eigenvalue weighted by atomic mass is 79.9. The Morgan fingerprint density at radius 3 is 2.17 bits per heavy atom. The summed E-state index contributed by atoms with van der Waals surface area (Å²) >= 11 is 9.80. The number of nitrogens with zero attached hydrogens (tertiary/aromatic N) is 2. The third-order valence-electron chi connectivity index (χ3n) is 6.80. The number of rotatable bonds is 14. The Bertz CT molecular complexity index is 1450. The van der Waals surface area contributed by atoms with Crippen molar-refractivity contribution in [2.45, 2.75) is 64.1 Å². The molecular weight excluding hydrogens is 642 g/mol. The Labute approximate surface area is 262 Å². The molecule has 0 radical (unpaired) electrons. The molecule has 0 saturated carbocycles. The van der Waals surface area contributed by atoms with Crippen molar-refractivity contribution < 1.29 is 22.7 Å². The molecule has 42 heavy (non-hydrogen) atoms. The molecule has 0 fully saturated rings. The fourth-order valence-corrected chi connectivity index (χ4v) is 6.18. The highest BCUT2D eigenvalue weighted by Gasteiger charge is 2.34. The molecule has 11 heteroatoms. The van der Waals surface area contributed by atoms with Gasteiger partial charge in [0.15, 0.2) is 0 Å². The maximum Gasteiger partial charge on any atom is 0.264 e. The quantitative estimate of drug-likeness (QED) is 0.212. The van der Waals surface area contributed by atoms with Crippen LogP contribution in [0.1, 0.15) is 46.1 Å². The Balaban J connectivity index is 2.07. The lowest BCUT2D eigenvalue weighted by molar-refractivity contribution is -0.140. The van der Waals surface area contributed by atoms with E-state index in [1.807, 2.05) is 27.7 Å². The molecule has 0 aromatic heterocycles. The number of sulfonamides is 1. The molecule has 3 rings (SSSR count). The summed E-state index contributed by atoms with van der Waals surface area (Å²) in [4.78, 5) is 29.0. The summed E-state index contributed by atoms with van der Waals surface area (Å²) in [6.07, 6.45) is 1.04. The molecule has 0 saturated heterocycles. The lowest BCUT2D eigenvalue weighted by Crippen LogP contribution is -2.53. The van der Waals surface area contributed by atoms with Gasteiger partial charge in [0.05, 0.1) is 17.2 Å². The lowest BCUT2D eigenvalue weighted by atomic mass is 10.1. The van der Waals surface area contributed by atoms with Crippen molar-refractivity contribution in [1.82, 2.24) is 10.2 Å². The first-order valence-electron chi connectivity index (χ1n) is 13.9. The molecule has 0 aliphatic carbocycles. The van der Waals surface area contributed by atoms with Gasteiger partial charge < -0.3 is 15.0 Å². The molecule has 3 aromatic rings. The largest absolute Gasteiger partial charge is 0.494 e. The Morgan fingerprint density at radius 1 is 0.952 bits per heavy atom. The van der Waals surface area contributed by atoms with Crippen LogP contribution in [-0.2, 0) is 26.2 Å². The van der Waals surface area contributed by atoms with Gasteiger partial charge in [-0.05, 0) is 86.8 Å². The van der Waals surface area contributed by atoms with E-state index in [4.69, 9.17) is 16.3 Å². The van der Waals surface area contributed by atoms with Crippen LogP contribution in [0.15, 0.2) is 82.2 Å². The van der Waals surface area contributed by atoms with Crippen molar-refractivity contribution in [2.24, 2.45) is 0 Å². The standard InChI is InChI=1S/C31H37BrClN3O5S/c1-5-22(4)34-31(38)29(6-2)35(20-23-10-8-9-11-28(23)33)30(37)21-36(25-14-16-26(17-15-25)41-7-3)42(39,40)27-18-12-24(32)13-19-27/h8-19,22,29H,5-7,20-21H2,1-4H3,(H,34,38)/t22-,29-/m0/s1. The van der Waals surface area contributed by atoms with Crippen molar-refractivity contribution in [3.63, 3.8) is 0 Å². The second-order valence-corrected chi connectivity index (χ2v) is 12.9. The monoisotopic (exact) mass is 677 g/mol. The van der Waals surface area contributed by atoms with Crippen molar-refractivity contribution in [3.05, 3.63) is 87.9 Å². The van der Waals surface area contributed by atoms with E-state index in [9.17, 15) is 18.0 Å². The summed E-state index contributed by atoms with van der Waals surface area (Å²) in [6, 6.07) is 18.8. The summed E-state index contributed by atoms with van der Waals surface area (Å²) in [5.74, 6) is -0.284. The number of carbonyl (C=O) groups is 2. The number of benzene rings is 3. The van der Waals surface area contributed by atoms with Gasteiger partial charge in [-0.3, -0.25) is 13.9 Å². The third-order valence-corrected chi connectivity index (χ3v) is 9.49.